The van der Waals surface area contributed by atoms with Crippen LogP contribution in [0.3, 0.4) is 0 Å². The van der Waals surface area contributed by atoms with Crippen LogP contribution < -0.4 is 0 Å². The topological polar surface area (TPSA) is 26.3 Å². The highest BCUT2D eigenvalue weighted by Gasteiger charge is 2.33. The molecule has 0 heterocycles. The van der Waals surface area contributed by atoms with Gasteiger partial charge in [-0.1, -0.05) is 20.8 Å². The number of alkyl halides is 1. The number of ether oxygens (including phenoxy) is 1. The third kappa shape index (κ3) is 4.50. The zero-order chi connectivity index (χ0) is 13.3. The van der Waals surface area contributed by atoms with Gasteiger partial charge in [0, 0.05) is 0 Å². The lowest BCUT2D eigenvalue weighted by Gasteiger charge is -2.37. The van der Waals surface area contributed by atoms with Crippen LogP contribution in [0.15, 0.2) is 0 Å². The summed E-state index contributed by atoms with van der Waals surface area (Å²) in [4.78, 5) is 10.8. The van der Waals surface area contributed by atoms with E-state index < -0.39 is 4.87 Å². The fraction of sp³-hybridized carbons (Fsp3) is 0.929. The molecule has 0 aromatic heterocycles. The van der Waals surface area contributed by atoms with Crippen molar-refractivity contribution in [2.75, 3.05) is 0 Å². The molecule has 0 N–H and O–H groups in total. The van der Waals surface area contributed by atoms with Crippen LogP contribution in [0.4, 0.5) is 0 Å². The van der Waals surface area contributed by atoms with Gasteiger partial charge in [-0.2, -0.15) is 0 Å². The van der Waals surface area contributed by atoms with Gasteiger partial charge in [0.1, 0.15) is 11.0 Å². The SMILES string of the molecule is CC(C)(Cl)C(=O)OC1CCC(C(C)(C)C)CC1. The maximum Gasteiger partial charge on any atom is 0.326 e. The van der Waals surface area contributed by atoms with Crippen molar-refractivity contribution >= 4 is 17.6 Å². The molecule has 0 atom stereocenters. The average Bonchev–Trinajstić information content (AvgIpc) is 2.15. The third-order valence-corrected chi connectivity index (χ3v) is 3.81. The first kappa shape index (κ1) is 14.8. The van der Waals surface area contributed by atoms with Crippen molar-refractivity contribution < 1.29 is 9.53 Å². The van der Waals surface area contributed by atoms with Crippen LogP contribution in [-0.2, 0) is 9.53 Å². The normalized spacial score (nSPS) is 26.7. The Morgan fingerprint density at radius 3 is 1.88 bits per heavy atom. The molecule has 1 saturated carbocycles. The molecule has 17 heavy (non-hydrogen) atoms. The van der Waals surface area contributed by atoms with Gasteiger partial charge in [-0.3, -0.25) is 4.79 Å². The molecule has 100 valence electrons. The Morgan fingerprint density at radius 2 is 1.53 bits per heavy atom. The molecule has 1 aliphatic carbocycles. The Morgan fingerprint density at radius 1 is 1.06 bits per heavy atom. The number of esters is 1. The highest BCUT2D eigenvalue weighted by atomic mass is 35.5. The summed E-state index contributed by atoms with van der Waals surface area (Å²) < 4.78 is 5.45. The standard InChI is InChI=1S/C14H25ClO2/c1-13(2,3)10-6-8-11(9-7-10)17-12(16)14(4,5)15/h10-11H,6-9H2,1-5H3. The van der Waals surface area contributed by atoms with E-state index in [9.17, 15) is 4.79 Å². The Balaban J connectivity index is 2.41. The molecule has 0 aliphatic heterocycles. The Kier molecular flexibility index (Phi) is 4.51. The molecule has 1 fully saturated rings. The fourth-order valence-electron chi connectivity index (χ4n) is 2.34. The van der Waals surface area contributed by atoms with Gasteiger partial charge in [-0.25, -0.2) is 0 Å². The molecule has 0 unspecified atom stereocenters. The molecule has 1 rings (SSSR count). The summed E-state index contributed by atoms with van der Waals surface area (Å²) in [6.45, 7) is 10.2. The van der Waals surface area contributed by atoms with Gasteiger partial charge >= 0.3 is 5.97 Å². The second-order valence-electron chi connectivity index (χ2n) is 6.72. The minimum atomic E-state index is -0.902. The molecule has 0 spiro atoms. The number of rotatable bonds is 2. The fourth-order valence-corrected chi connectivity index (χ4v) is 2.38. The van der Waals surface area contributed by atoms with Gasteiger partial charge < -0.3 is 4.74 Å². The van der Waals surface area contributed by atoms with Crippen molar-refractivity contribution in [2.24, 2.45) is 11.3 Å². The molecule has 0 amide bonds. The van der Waals surface area contributed by atoms with Crippen LogP contribution in [0.1, 0.15) is 60.3 Å². The second kappa shape index (κ2) is 5.17. The van der Waals surface area contributed by atoms with Gasteiger partial charge in [-0.05, 0) is 50.9 Å². The summed E-state index contributed by atoms with van der Waals surface area (Å²) in [5.41, 5.74) is 0.362. The van der Waals surface area contributed by atoms with Crippen LogP contribution in [0.25, 0.3) is 0 Å². The number of carbonyl (C=O) groups is 1. The zero-order valence-corrected chi connectivity index (χ0v) is 12.4. The van der Waals surface area contributed by atoms with E-state index in [2.05, 4.69) is 20.8 Å². The van der Waals surface area contributed by atoms with Gasteiger partial charge in [0.05, 0.1) is 0 Å². The van der Waals surface area contributed by atoms with E-state index in [1.54, 1.807) is 13.8 Å². The Bertz CT molecular complexity index is 265. The maximum atomic E-state index is 11.7. The van der Waals surface area contributed by atoms with Crippen molar-refractivity contribution in [3.05, 3.63) is 0 Å². The van der Waals surface area contributed by atoms with Crippen LogP contribution in [0.2, 0.25) is 0 Å². The van der Waals surface area contributed by atoms with Gasteiger partial charge in [0.15, 0.2) is 0 Å². The largest absolute Gasteiger partial charge is 0.461 e. The highest BCUT2D eigenvalue weighted by Crippen LogP contribution is 2.38. The Hall–Kier alpha value is -0.240. The van der Waals surface area contributed by atoms with E-state index in [4.69, 9.17) is 16.3 Å². The van der Waals surface area contributed by atoms with E-state index in [-0.39, 0.29) is 12.1 Å². The van der Waals surface area contributed by atoms with Crippen LogP contribution in [0.5, 0.6) is 0 Å². The summed E-state index contributed by atoms with van der Waals surface area (Å²) in [6.07, 6.45) is 4.30. The van der Waals surface area contributed by atoms with E-state index in [1.165, 1.54) is 0 Å². The second-order valence-corrected chi connectivity index (χ2v) is 7.66. The molecule has 0 aromatic carbocycles. The lowest BCUT2D eigenvalue weighted by Crippen LogP contribution is -2.35. The lowest BCUT2D eigenvalue weighted by molar-refractivity contribution is -0.153. The maximum absolute atomic E-state index is 11.7. The number of hydrogen-bond donors (Lipinski definition) is 0. The predicted octanol–water partition coefficient (Wildman–Crippen LogP) is 4.15. The van der Waals surface area contributed by atoms with Crippen molar-refractivity contribution in [2.45, 2.75) is 71.3 Å². The number of carbonyl (C=O) groups excluding carboxylic acids is 1. The van der Waals surface area contributed by atoms with Crippen LogP contribution in [-0.4, -0.2) is 16.9 Å². The van der Waals surface area contributed by atoms with Crippen molar-refractivity contribution in [1.29, 1.82) is 0 Å². The molecule has 0 bridgehead atoms. The minimum Gasteiger partial charge on any atom is -0.461 e. The van der Waals surface area contributed by atoms with Crippen LogP contribution in [0, 0.1) is 11.3 Å². The van der Waals surface area contributed by atoms with E-state index >= 15 is 0 Å². The summed E-state index contributed by atoms with van der Waals surface area (Å²) in [5.74, 6) is 0.444. The van der Waals surface area contributed by atoms with Gasteiger partial charge in [0.2, 0.25) is 0 Å². The summed E-state index contributed by atoms with van der Waals surface area (Å²) in [5, 5.41) is 0. The van der Waals surface area contributed by atoms with Crippen molar-refractivity contribution in [1.82, 2.24) is 0 Å². The molecule has 1 aliphatic rings. The van der Waals surface area contributed by atoms with E-state index in [0.29, 0.717) is 5.41 Å². The first-order valence-electron chi connectivity index (χ1n) is 6.50. The summed E-state index contributed by atoms with van der Waals surface area (Å²) in [6, 6.07) is 0. The van der Waals surface area contributed by atoms with Gasteiger partial charge in [-0.15, -0.1) is 11.6 Å². The van der Waals surface area contributed by atoms with E-state index in [1.807, 2.05) is 0 Å². The molecule has 0 saturated heterocycles. The molecular weight excluding hydrogens is 236 g/mol. The van der Waals surface area contributed by atoms with Gasteiger partial charge in [0.25, 0.3) is 0 Å². The average molecular weight is 261 g/mol. The quantitative estimate of drug-likeness (QED) is 0.551. The minimum absolute atomic E-state index is 0.0686. The first-order valence-corrected chi connectivity index (χ1v) is 6.88. The van der Waals surface area contributed by atoms with Crippen molar-refractivity contribution in [3.8, 4) is 0 Å². The summed E-state index contributed by atoms with van der Waals surface area (Å²) in [7, 11) is 0. The monoisotopic (exact) mass is 260 g/mol. The molecule has 3 heteroatoms. The Labute approximate surface area is 110 Å². The number of hydrogen-bond acceptors (Lipinski definition) is 2. The first-order chi connectivity index (χ1) is 7.60. The van der Waals surface area contributed by atoms with Crippen LogP contribution >= 0.6 is 11.6 Å². The molecule has 0 radical (unpaired) electrons. The predicted molar refractivity (Wildman–Crippen MR) is 71.2 cm³/mol. The zero-order valence-electron chi connectivity index (χ0n) is 11.7. The summed E-state index contributed by atoms with van der Waals surface area (Å²) >= 11 is 5.93. The smallest absolute Gasteiger partial charge is 0.326 e. The molecular formula is C14H25ClO2. The highest BCUT2D eigenvalue weighted by molar-refractivity contribution is 6.33. The van der Waals surface area contributed by atoms with Crippen molar-refractivity contribution in [3.63, 3.8) is 0 Å². The molecule has 2 nitrogen and oxygen atoms in total. The molecule has 0 aromatic rings. The van der Waals surface area contributed by atoms with E-state index in [0.717, 1.165) is 31.6 Å². The third-order valence-electron chi connectivity index (χ3n) is 3.66. The lowest BCUT2D eigenvalue weighted by atomic mass is 9.72. The number of halogens is 1.